The van der Waals surface area contributed by atoms with Gasteiger partial charge in [0.25, 0.3) is 0 Å². The second-order valence-corrected chi connectivity index (χ2v) is 6.23. The van der Waals surface area contributed by atoms with E-state index in [1.807, 2.05) is 36.5 Å². The predicted octanol–water partition coefficient (Wildman–Crippen LogP) is 5.96. The number of pyridine rings is 1. The number of halogens is 1. The Hall–Kier alpha value is -2.36. The first-order valence-corrected chi connectivity index (χ1v) is 8.36. The van der Waals surface area contributed by atoms with E-state index in [0.29, 0.717) is 6.61 Å². The van der Waals surface area contributed by atoms with Crippen molar-refractivity contribution in [2.45, 2.75) is 6.61 Å². The maximum absolute atomic E-state index is 5.91. The highest BCUT2D eigenvalue weighted by atomic mass is 35.5. The zero-order chi connectivity index (χ0) is 15.5. The van der Waals surface area contributed by atoms with Crippen molar-refractivity contribution in [3.05, 3.63) is 84.0 Å². The van der Waals surface area contributed by atoms with E-state index in [1.165, 1.54) is 21.2 Å². The van der Waals surface area contributed by atoms with E-state index in [9.17, 15) is 0 Å². The Bertz CT molecular complexity index is 922. The molecule has 2 nitrogen and oxygen atoms in total. The van der Waals surface area contributed by atoms with E-state index >= 15 is 0 Å². The minimum absolute atomic E-state index is 0. The molecule has 0 saturated carbocycles. The molecule has 4 rings (SSSR count). The van der Waals surface area contributed by atoms with Gasteiger partial charge in [-0.1, -0.05) is 36.4 Å². The van der Waals surface area contributed by atoms with Crippen LogP contribution in [0.5, 0.6) is 5.75 Å². The predicted molar refractivity (Wildman–Crippen MR) is 103 cm³/mol. The van der Waals surface area contributed by atoms with Crippen LogP contribution in [-0.2, 0) is 6.61 Å². The summed E-state index contributed by atoms with van der Waals surface area (Å²) < 4.78 is 7.14. The summed E-state index contributed by atoms with van der Waals surface area (Å²) in [5.74, 6) is 0.904. The topological polar surface area (TPSA) is 22.1 Å². The molecule has 0 bridgehead atoms. The van der Waals surface area contributed by atoms with Crippen molar-refractivity contribution < 1.29 is 4.74 Å². The summed E-state index contributed by atoms with van der Waals surface area (Å²) in [6, 6.07) is 20.6. The Morgan fingerprint density at radius 2 is 1.83 bits per heavy atom. The van der Waals surface area contributed by atoms with Gasteiger partial charge in [0.2, 0.25) is 0 Å². The van der Waals surface area contributed by atoms with Gasteiger partial charge in [-0.05, 0) is 35.2 Å². The Morgan fingerprint density at radius 3 is 2.62 bits per heavy atom. The Balaban J connectivity index is 0.00000169. The zero-order valence-electron chi connectivity index (χ0n) is 12.9. The van der Waals surface area contributed by atoms with Crippen LogP contribution in [0.4, 0.5) is 0 Å². The third-order valence-electron chi connectivity index (χ3n) is 3.77. The number of hydrogen-bond acceptors (Lipinski definition) is 3. The Kier molecular flexibility index (Phi) is 5.14. The molecule has 2 aromatic heterocycles. The van der Waals surface area contributed by atoms with Gasteiger partial charge in [-0.25, -0.2) is 0 Å². The molecule has 0 fully saturated rings. The summed E-state index contributed by atoms with van der Waals surface area (Å²) in [5.41, 5.74) is 3.55. The van der Waals surface area contributed by atoms with Gasteiger partial charge < -0.3 is 4.74 Å². The highest BCUT2D eigenvalue weighted by molar-refractivity contribution is 7.17. The standard InChI is InChI=1S/C20H15NOS.ClH/c1-2-5-15(6-3-1)13-22-17-8-9-18-19(14-23-20(18)11-17)16-7-4-10-21-12-16;/h1-12,14H,13H2;1H. The molecule has 0 aliphatic carbocycles. The van der Waals surface area contributed by atoms with Crippen molar-refractivity contribution in [3.63, 3.8) is 0 Å². The lowest BCUT2D eigenvalue weighted by molar-refractivity contribution is 0.306. The maximum Gasteiger partial charge on any atom is 0.121 e. The maximum atomic E-state index is 5.91. The van der Waals surface area contributed by atoms with E-state index < -0.39 is 0 Å². The van der Waals surface area contributed by atoms with Crippen LogP contribution in [0.1, 0.15) is 5.56 Å². The monoisotopic (exact) mass is 353 g/mol. The minimum atomic E-state index is 0. The molecule has 0 unspecified atom stereocenters. The molecule has 0 saturated heterocycles. The van der Waals surface area contributed by atoms with E-state index in [0.717, 1.165) is 11.3 Å². The zero-order valence-corrected chi connectivity index (χ0v) is 14.5. The highest BCUT2D eigenvalue weighted by Gasteiger charge is 2.07. The van der Waals surface area contributed by atoms with Crippen molar-refractivity contribution in [2.24, 2.45) is 0 Å². The molecule has 4 heteroatoms. The van der Waals surface area contributed by atoms with Crippen molar-refractivity contribution in [2.75, 3.05) is 0 Å². The van der Waals surface area contributed by atoms with Crippen LogP contribution >= 0.6 is 23.7 Å². The molecule has 2 heterocycles. The molecule has 2 aromatic carbocycles. The smallest absolute Gasteiger partial charge is 0.121 e. The summed E-state index contributed by atoms with van der Waals surface area (Å²) >= 11 is 1.74. The first-order valence-electron chi connectivity index (χ1n) is 7.48. The quantitative estimate of drug-likeness (QED) is 0.451. The van der Waals surface area contributed by atoms with Gasteiger partial charge in [-0.3, -0.25) is 4.98 Å². The van der Waals surface area contributed by atoms with Crippen LogP contribution < -0.4 is 4.74 Å². The molecule has 0 radical (unpaired) electrons. The normalized spacial score (nSPS) is 10.3. The average molecular weight is 354 g/mol. The number of thiophene rings is 1. The number of nitrogens with zero attached hydrogens (tertiary/aromatic N) is 1. The van der Waals surface area contributed by atoms with Crippen LogP contribution in [0.3, 0.4) is 0 Å². The van der Waals surface area contributed by atoms with Crippen molar-refractivity contribution in [1.29, 1.82) is 0 Å². The number of aromatic nitrogens is 1. The van der Waals surface area contributed by atoms with Crippen molar-refractivity contribution in [3.8, 4) is 16.9 Å². The summed E-state index contributed by atoms with van der Waals surface area (Å²) in [4.78, 5) is 4.21. The van der Waals surface area contributed by atoms with E-state index in [2.05, 4.69) is 40.7 Å². The van der Waals surface area contributed by atoms with Gasteiger partial charge in [0.1, 0.15) is 12.4 Å². The van der Waals surface area contributed by atoms with Gasteiger partial charge in [0.15, 0.2) is 0 Å². The lowest BCUT2D eigenvalue weighted by atomic mass is 10.1. The fourth-order valence-electron chi connectivity index (χ4n) is 2.58. The molecule has 0 aliphatic heterocycles. The fourth-order valence-corrected chi connectivity index (χ4v) is 3.58. The Labute approximate surface area is 151 Å². The first kappa shape index (κ1) is 16.5. The van der Waals surface area contributed by atoms with E-state index in [4.69, 9.17) is 4.74 Å². The third-order valence-corrected chi connectivity index (χ3v) is 4.71. The van der Waals surface area contributed by atoms with Gasteiger partial charge in [-0.2, -0.15) is 0 Å². The van der Waals surface area contributed by atoms with Crippen LogP contribution in [0.2, 0.25) is 0 Å². The van der Waals surface area contributed by atoms with E-state index in [1.54, 1.807) is 17.5 Å². The Morgan fingerprint density at radius 1 is 0.958 bits per heavy atom. The SMILES string of the molecule is Cl.c1ccc(COc2ccc3c(-c4cccnc4)csc3c2)cc1. The second-order valence-electron chi connectivity index (χ2n) is 5.32. The highest BCUT2D eigenvalue weighted by Crippen LogP contribution is 2.35. The summed E-state index contributed by atoms with van der Waals surface area (Å²) in [6.45, 7) is 0.590. The summed E-state index contributed by atoms with van der Waals surface area (Å²) in [5, 5.41) is 3.43. The number of ether oxygens (including phenoxy) is 1. The number of rotatable bonds is 4. The van der Waals surface area contributed by atoms with Crippen LogP contribution in [0, 0.1) is 0 Å². The number of fused-ring (bicyclic) bond motifs is 1. The average Bonchev–Trinajstić information content (AvgIpc) is 3.05. The third kappa shape index (κ3) is 3.42. The molecule has 120 valence electrons. The number of hydrogen-bond donors (Lipinski definition) is 0. The molecular formula is C20H16ClNOS. The van der Waals surface area contributed by atoms with Crippen molar-refractivity contribution in [1.82, 2.24) is 4.98 Å². The molecule has 0 atom stereocenters. The van der Waals surface area contributed by atoms with Gasteiger partial charge in [-0.15, -0.1) is 23.7 Å². The number of benzene rings is 2. The molecule has 4 aromatic rings. The molecule has 24 heavy (non-hydrogen) atoms. The lowest BCUT2D eigenvalue weighted by Gasteiger charge is -2.06. The molecule has 0 N–H and O–H groups in total. The second kappa shape index (κ2) is 7.47. The molecule has 0 amide bonds. The molecular weight excluding hydrogens is 338 g/mol. The van der Waals surface area contributed by atoms with E-state index in [-0.39, 0.29) is 12.4 Å². The van der Waals surface area contributed by atoms with Crippen LogP contribution in [0.15, 0.2) is 78.4 Å². The largest absolute Gasteiger partial charge is 0.489 e. The first-order chi connectivity index (χ1) is 11.4. The van der Waals surface area contributed by atoms with Gasteiger partial charge in [0.05, 0.1) is 0 Å². The molecule has 0 spiro atoms. The minimum Gasteiger partial charge on any atom is -0.489 e. The van der Waals surface area contributed by atoms with Gasteiger partial charge >= 0.3 is 0 Å². The summed E-state index contributed by atoms with van der Waals surface area (Å²) in [7, 11) is 0. The fraction of sp³-hybridized carbons (Fsp3) is 0.0500. The van der Waals surface area contributed by atoms with Crippen LogP contribution in [0.25, 0.3) is 21.2 Å². The van der Waals surface area contributed by atoms with Gasteiger partial charge in [0, 0.05) is 33.6 Å². The summed E-state index contributed by atoms with van der Waals surface area (Å²) in [6.07, 6.45) is 3.70. The molecule has 0 aliphatic rings. The van der Waals surface area contributed by atoms with Crippen molar-refractivity contribution >= 4 is 33.8 Å². The van der Waals surface area contributed by atoms with Crippen LogP contribution in [-0.4, -0.2) is 4.98 Å². The lowest BCUT2D eigenvalue weighted by Crippen LogP contribution is -1.94.